The maximum atomic E-state index is 13.1. The largest absolute Gasteiger partial charge is 0.493 e. The molecule has 1 aromatic rings. The van der Waals surface area contributed by atoms with Gasteiger partial charge in [-0.3, -0.25) is 9.69 Å². The molecule has 4 nitrogen and oxygen atoms in total. The van der Waals surface area contributed by atoms with Crippen molar-refractivity contribution in [2.45, 2.75) is 31.9 Å². The van der Waals surface area contributed by atoms with E-state index in [0.717, 1.165) is 32.4 Å². The molecule has 0 saturated carbocycles. The number of nitrogens with zero attached hydrogens (tertiary/aromatic N) is 1. The van der Waals surface area contributed by atoms with Gasteiger partial charge in [-0.2, -0.15) is 13.2 Å². The van der Waals surface area contributed by atoms with Gasteiger partial charge in [0.15, 0.2) is 0 Å². The summed E-state index contributed by atoms with van der Waals surface area (Å²) in [7, 11) is 0. The molecule has 2 rings (SSSR count). The Kier molecular flexibility index (Phi) is 7.13. The maximum absolute atomic E-state index is 13.1. The molecule has 0 atom stereocenters. The van der Waals surface area contributed by atoms with Crippen LogP contribution in [0.5, 0.6) is 5.75 Å². The molecule has 1 fully saturated rings. The van der Waals surface area contributed by atoms with Crippen molar-refractivity contribution in [2.24, 2.45) is 5.92 Å². The Balaban J connectivity index is 1.76. The summed E-state index contributed by atoms with van der Waals surface area (Å²) >= 11 is 2.93. The minimum atomic E-state index is -4.47. The van der Waals surface area contributed by atoms with Gasteiger partial charge < -0.3 is 9.84 Å². The van der Waals surface area contributed by atoms with Crippen molar-refractivity contribution < 1.29 is 27.8 Å². The number of hydrogen-bond acceptors (Lipinski definition) is 3. The second-order valence-electron chi connectivity index (χ2n) is 6.21. The lowest BCUT2D eigenvalue weighted by Gasteiger charge is -2.30. The van der Waals surface area contributed by atoms with Crippen LogP contribution in [0.1, 0.15) is 31.2 Å². The molecule has 0 aliphatic carbocycles. The molecule has 1 heterocycles. The quantitative estimate of drug-likeness (QED) is 0.659. The number of likely N-dealkylation sites (tertiary alicyclic amines) is 1. The van der Waals surface area contributed by atoms with Gasteiger partial charge in [0.25, 0.3) is 0 Å². The molecule has 0 radical (unpaired) electrons. The van der Waals surface area contributed by atoms with Crippen molar-refractivity contribution >= 4 is 21.9 Å². The van der Waals surface area contributed by atoms with E-state index in [9.17, 15) is 18.0 Å². The van der Waals surface area contributed by atoms with Crippen molar-refractivity contribution in [3.63, 3.8) is 0 Å². The number of carboxylic acids is 1. The van der Waals surface area contributed by atoms with Crippen molar-refractivity contribution in [1.82, 2.24) is 4.90 Å². The minimum absolute atomic E-state index is 0.0247. The van der Waals surface area contributed by atoms with Crippen LogP contribution in [0.2, 0.25) is 0 Å². The fraction of sp³-hybridized carbons (Fsp3) is 0.588. The molecular weight excluding hydrogens is 403 g/mol. The highest BCUT2D eigenvalue weighted by atomic mass is 79.9. The Morgan fingerprint density at radius 1 is 1.32 bits per heavy atom. The van der Waals surface area contributed by atoms with Gasteiger partial charge in [-0.1, -0.05) is 22.0 Å². The summed E-state index contributed by atoms with van der Waals surface area (Å²) in [5.74, 6) is -0.502. The molecule has 8 heteroatoms. The zero-order chi connectivity index (χ0) is 18.4. The molecule has 0 amide bonds. The summed E-state index contributed by atoms with van der Waals surface area (Å²) in [5, 5.41) is 8.77. The molecule has 1 aromatic carbocycles. The normalized spacial score (nSPS) is 16.8. The number of piperidine rings is 1. The van der Waals surface area contributed by atoms with Crippen LogP contribution < -0.4 is 4.74 Å². The van der Waals surface area contributed by atoms with E-state index in [0.29, 0.717) is 12.3 Å². The summed E-state index contributed by atoms with van der Waals surface area (Å²) in [4.78, 5) is 12.6. The van der Waals surface area contributed by atoms with Gasteiger partial charge in [0, 0.05) is 4.47 Å². The van der Waals surface area contributed by atoms with E-state index in [4.69, 9.17) is 9.84 Å². The highest BCUT2D eigenvalue weighted by Crippen LogP contribution is 2.41. The highest BCUT2D eigenvalue weighted by molar-refractivity contribution is 9.10. The summed E-state index contributed by atoms with van der Waals surface area (Å²) in [6, 6.07) is 4.20. The Bertz CT molecular complexity index is 587. The van der Waals surface area contributed by atoms with Crippen molar-refractivity contribution in [3.05, 3.63) is 28.2 Å². The molecule has 1 N–H and O–H groups in total. The number of hydrogen-bond donors (Lipinski definition) is 1. The Hall–Kier alpha value is -1.28. The van der Waals surface area contributed by atoms with Crippen LogP contribution in [0, 0.1) is 5.92 Å². The fourth-order valence-electron chi connectivity index (χ4n) is 3.08. The smallest absolute Gasteiger partial charge is 0.421 e. The second-order valence-corrected chi connectivity index (χ2v) is 7.07. The van der Waals surface area contributed by atoms with Crippen LogP contribution in [0.15, 0.2) is 22.7 Å². The Morgan fingerprint density at radius 2 is 2.00 bits per heavy atom. The first-order chi connectivity index (χ1) is 11.8. The Morgan fingerprint density at radius 3 is 2.60 bits per heavy atom. The average Bonchev–Trinajstić information content (AvgIpc) is 2.51. The molecule has 0 bridgehead atoms. The number of rotatable bonds is 7. The summed E-state index contributed by atoms with van der Waals surface area (Å²) in [6.45, 7) is 1.80. The van der Waals surface area contributed by atoms with E-state index >= 15 is 0 Å². The fourth-order valence-corrected chi connectivity index (χ4v) is 3.65. The molecular formula is C17H21BrF3NO3. The summed E-state index contributed by atoms with van der Waals surface area (Å²) in [5.41, 5.74) is -0.781. The van der Waals surface area contributed by atoms with Crippen molar-refractivity contribution in [2.75, 3.05) is 26.2 Å². The van der Waals surface area contributed by atoms with Gasteiger partial charge in [-0.15, -0.1) is 0 Å². The lowest BCUT2D eigenvalue weighted by Crippen LogP contribution is -2.37. The van der Waals surface area contributed by atoms with E-state index in [-0.39, 0.29) is 23.4 Å². The van der Waals surface area contributed by atoms with Gasteiger partial charge in [0.1, 0.15) is 11.3 Å². The van der Waals surface area contributed by atoms with E-state index in [1.807, 2.05) is 4.90 Å². The average molecular weight is 424 g/mol. The predicted molar refractivity (Wildman–Crippen MR) is 90.7 cm³/mol. The van der Waals surface area contributed by atoms with Gasteiger partial charge in [0.05, 0.1) is 13.2 Å². The van der Waals surface area contributed by atoms with Crippen LogP contribution in [0.4, 0.5) is 13.2 Å². The van der Waals surface area contributed by atoms with Gasteiger partial charge in [-0.25, -0.2) is 0 Å². The van der Waals surface area contributed by atoms with Gasteiger partial charge in [-0.05, 0) is 56.8 Å². The van der Waals surface area contributed by atoms with E-state index in [1.165, 1.54) is 18.2 Å². The molecule has 25 heavy (non-hydrogen) atoms. The van der Waals surface area contributed by atoms with Crippen LogP contribution in [-0.4, -0.2) is 42.2 Å². The Labute approximate surface area is 153 Å². The van der Waals surface area contributed by atoms with Crippen LogP contribution in [0.3, 0.4) is 0 Å². The number of benzene rings is 1. The third-order valence-corrected chi connectivity index (χ3v) is 5.00. The summed E-state index contributed by atoms with van der Waals surface area (Å²) < 4.78 is 44.6. The molecule has 140 valence electrons. The van der Waals surface area contributed by atoms with Crippen molar-refractivity contribution in [1.29, 1.82) is 0 Å². The molecule has 0 spiro atoms. The van der Waals surface area contributed by atoms with E-state index in [1.54, 1.807) is 0 Å². The number of alkyl halides is 3. The first-order valence-corrected chi connectivity index (χ1v) is 8.99. The molecule has 1 aliphatic rings. The SMILES string of the molecule is O=C(O)CN1CCC(CCCOc2cccc(Br)c2C(F)(F)F)CC1. The number of ether oxygens (including phenoxy) is 1. The monoisotopic (exact) mass is 423 g/mol. The topological polar surface area (TPSA) is 49.8 Å². The molecule has 0 aromatic heterocycles. The van der Waals surface area contributed by atoms with Crippen LogP contribution >= 0.6 is 15.9 Å². The third kappa shape index (κ3) is 6.18. The second kappa shape index (κ2) is 8.89. The first kappa shape index (κ1) is 20.0. The molecule has 1 saturated heterocycles. The number of carboxylic acid groups (broad SMARTS) is 1. The van der Waals surface area contributed by atoms with Gasteiger partial charge in [0.2, 0.25) is 0 Å². The molecule has 0 unspecified atom stereocenters. The zero-order valence-electron chi connectivity index (χ0n) is 13.7. The standard InChI is InChI=1S/C17H21BrF3NO3/c18-13-4-1-5-14(16(13)17(19,20)21)25-10-2-3-12-6-8-22(9-7-12)11-15(23)24/h1,4-5,12H,2-3,6-11H2,(H,23,24). The maximum Gasteiger partial charge on any atom is 0.421 e. The highest BCUT2D eigenvalue weighted by Gasteiger charge is 2.36. The lowest BCUT2D eigenvalue weighted by atomic mass is 9.92. The van der Waals surface area contributed by atoms with E-state index in [2.05, 4.69) is 15.9 Å². The summed E-state index contributed by atoms with van der Waals surface area (Å²) in [6.07, 6.45) is -1.09. The third-order valence-electron chi connectivity index (χ3n) is 4.34. The first-order valence-electron chi connectivity index (χ1n) is 8.20. The van der Waals surface area contributed by atoms with Crippen LogP contribution in [-0.2, 0) is 11.0 Å². The lowest BCUT2D eigenvalue weighted by molar-refractivity contribution is -0.140. The van der Waals surface area contributed by atoms with E-state index < -0.39 is 17.7 Å². The van der Waals surface area contributed by atoms with Gasteiger partial charge >= 0.3 is 12.1 Å². The number of halogens is 4. The zero-order valence-corrected chi connectivity index (χ0v) is 15.3. The number of carbonyl (C=O) groups is 1. The minimum Gasteiger partial charge on any atom is -0.493 e. The number of aliphatic carboxylic acids is 1. The van der Waals surface area contributed by atoms with Crippen LogP contribution in [0.25, 0.3) is 0 Å². The van der Waals surface area contributed by atoms with Crippen molar-refractivity contribution in [3.8, 4) is 5.75 Å². The molecule has 1 aliphatic heterocycles. The predicted octanol–water partition coefficient (Wildman–Crippen LogP) is 4.42.